The van der Waals surface area contributed by atoms with Gasteiger partial charge in [-0.25, -0.2) is 13.4 Å². The quantitative estimate of drug-likeness (QED) is 0.859. The summed E-state index contributed by atoms with van der Waals surface area (Å²) >= 11 is 3.30. The maximum Gasteiger partial charge on any atom is 0.218 e. The normalized spacial score (nSPS) is 17.2. The maximum absolute atomic E-state index is 11.4. The first-order valence-corrected chi connectivity index (χ1v) is 6.79. The summed E-state index contributed by atoms with van der Waals surface area (Å²) in [6, 6.07) is 7.23. The summed E-state index contributed by atoms with van der Waals surface area (Å²) in [6.45, 7) is -0.0576. The van der Waals surface area contributed by atoms with Crippen molar-refractivity contribution >= 4 is 30.8 Å². The Morgan fingerprint density at radius 1 is 1.31 bits per heavy atom. The Morgan fingerprint density at radius 2 is 2.06 bits per heavy atom. The van der Waals surface area contributed by atoms with Crippen LogP contribution in [0.15, 0.2) is 45.3 Å². The highest BCUT2D eigenvalue weighted by atomic mass is 79.9. The van der Waals surface area contributed by atoms with E-state index in [1.807, 2.05) is 18.2 Å². The number of aliphatic imine (C=N–C) groups is 1. The lowest BCUT2D eigenvalue weighted by molar-refractivity contribution is 0.376. The van der Waals surface area contributed by atoms with Gasteiger partial charge in [-0.2, -0.15) is 0 Å². The van der Waals surface area contributed by atoms with Crippen molar-refractivity contribution in [2.75, 3.05) is 6.61 Å². The molecule has 0 saturated carbocycles. The summed E-state index contributed by atoms with van der Waals surface area (Å²) in [5.41, 5.74) is 0. The van der Waals surface area contributed by atoms with Crippen molar-refractivity contribution in [1.29, 1.82) is 0 Å². The Balaban J connectivity index is 2.08. The second-order valence-corrected chi connectivity index (χ2v) is 5.76. The monoisotopic (exact) mass is 301 g/mol. The van der Waals surface area contributed by atoms with Gasteiger partial charge < -0.3 is 4.74 Å². The van der Waals surface area contributed by atoms with Crippen LogP contribution < -0.4 is 4.74 Å². The lowest BCUT2D eigenvalue weighted by Gasteiger charge is -2.07. The third-order valence-electron chi connectivity index (χ3n) is 1.97. The standard InChI is InChI=1S/C10H8BrNO3S/c11-8-3-1-2-4-9(8)15-7-10-12-5-6-16(10,13)14/h1-6H,7H2. The largest absolute Gasteiger partial charge is 0.485 e. The molecule has 0 amide bonds. The number of hydrogen-bond acceptors (Lipinski definition) is 4. The Kier molecular flexibility index (Phi) is 3.11. The minimum Gasteiger partial charge on any atom is -0.485 e. The average Bonchev–Trinajstić information content (AvgIpc) is 2.57. The molecule has 4 nitrogen and oxygen atoms in total. The number of ether oxygens (including phenoxy) is 1. The summed E-state index contributed by atoms with van der Waals surface area (Å²) < 4.78 is 28.9. The van der Waals surface area contributed by atoms with E-state index in [4.69, 9.17) is 4.74 Å². The molecule has 0 bridgehead atoms. The summed E-state index contributed by atoms with van der Waals surface area (Å²) in [5, 5.41) is 1.09. The first-order chi connectivity index (χ1) is 7.59. The molecule has 0 unspecified atom stereocenters. The third kappa shape index (κ3) is 2.33. The molecular formula is C10H8BrNO3S. The molecule has 1 aromatic carbocycles. The van der Waals surface area contributed by atoms with Crippen LogP contribution in [0.1, 0.15) is 0 Å². The van der Waals surface area contributed by atoms with Crippen molar-refractivity contribution in [3.63, 3.8) is 0 Å². The Hall–Kier alpha value is -1.14. The molecule has 2 rings (SSSR count). The third-order valence-corrected chi connectivity index (χ3v) is 3.99. The van der Waals surface area contributed by atoms with Gasteiger partial charge in [0.25, 0.3) is 0 Å². The van der Waals surface area contributed by atoms with Gasteiger partial charge in [0.05, 0.1) is 9.88 Å². The molecule has 16 heavy (non-hydrogen) atoms. The van der Waals surface area contributed by atoms with Crippen molar-refractivity contribution in [2.24, 2.45) is 4.99 Å². The number of benzene rings is 1. The van der Waals surface area contributed by atoms with E-state index in [1.165, 1.54) is 6.20 Å². The zero-order chi connectivity index (χ0) is 11.6. The van der Waals surface area contributed by atoms with Crippen LogP contribution in [0.5, 0.6) is 5.75 Å². The Labute approximate surface area is 102 Å². The highest BCUT2D eigenvalue weighted by Gasteiger charge is 2.20. The predicted octanol–water partition coefficient (Wildman–Crippen LogP) is 2.13. The van der Waals surface area contributed by atoms with Crippen LogP contribution in [-0.2, 0) is 9.84 Å². The topological polar surface area (TPSA) is 55.7 Å². The second kappa shape index (κ2) is 4.39. The first kappa shape index (κ1) is 11.3. The highest BCUT2D eigenvalue weighted by Crippen LogP contribution is 2.24. The van der Waals surface area contributed by atoms with E-state index in [0.29, 0.717) is 5.75 Å². The lowest BCUT2D eigenvalue weighted by Crippen LogP contribution is -2.17. The van der Waals surface area contributed by atoms with E-state index in [0.717, 1.165) is 9.88 Å². The van der Waals surface area contributed by atoms with Crippen LogP contribution in [0.25, 0.3) is 0 Å². The SMILES string of the molecule is O=S1(=O)C=CN=C1COc1ccccc1Br. The van der Waals surface area contributed by atoms with Gasteiger partial charge in [-0.15, -0.1) is 0 Å². The molecule has 0 saturated heterocycles. The molecule has 0 aliphatic carbocycles. The molecule has 0 aromatic heterocycles. The van der Waals surface area contributed by atoms with Gasteiger partial charge in [0, 0.05) is 6.20 Å². The smallest absolute Gasteiger partial charge is 0.218 e. The van der Waals surface area contributed by atoms with E-state index in [9.17, 15) is 8.42 Å². The van der Waals surface area contributed by atoms with E-state index in [2.05, 4.69) is 20.9 Å². The number of sulfone groups is 1. The van der Waals surface area contributed by atoms with Crippen LogP contribution >= 0.6 is 15.9 Å². The molecule has 1 aromatic rings. The van der Waals surface area contributed by atoms with Gasteiger partial charge in [0.15, 0.2) is 5.04 Å². The molecular weight excluding hydrogens is 294 g/mol. The number of halogens is 1. The van der Waals surface area contributed by atoms with Gasteiger partial charge in [0.2, 0.25) is 9.84 Å². The van der Waals surface area contributed by atoms with Crippen LogP contribution in [0.4, 0.5) is 0 Å². The lowest BCUT2D eigenvalue weighted by atomic mass is 10.3. The average molecular weight is 302 g/mol. The molecule has 1 aliphatic heterocycles. The summed E-state index contributed by atoms with van der Waals surface area (Å²) in [7, 11) is -3.34. The van der Waals surface area contributed by atoms with E-state index >= 15 is 0 Å². The van der Waals surface area contributed by atoms with Crippen LogP contribution in [-0.4, -0.2) is 20.1 Å². The molecule has 0 radical (unpaired) electrons. The van der Waals surface area contributed by atoms with Gasteiger partial charge in [-0.1, -0.05) is 12.1 Å². The predicted molar refractivity (Wildman–Crippen MR) is 65.1 cm³/mol. The molecule has 0 spiro atoms. The molecule has 1 heterocycles. The fraction of sp³-hybridized carbons (Fsp3) is 0.100. The summed E-state index contributed by atoms with van der Waals surface area (Å²) in [6.07, 6.45) is 1.26. The minimum absolute atomic E-state index is 0.0308. The summed E-state index contributed by atoms with van der Waals surface area (Å²) in [5.74, 6) is 0.590. The number of hydrogen-bond donors (Lipinski definition) is 0. The highest BCUT2D eigenvalue weighted by molar-refractivity contribution is 9.10. The van der Waals surface area contributed by atoms with E-state index in [1.54, 1.807) is 6.07 Å². The number of nitrogens with zero attached hydrogens (tertiary/aromatic N) is 1. The van der Waals surface area contributed by atoms with Gasteiger partial charge in [-0.05, 0) is 28.1 Å². The van der Waals surface area contributed by atoms with Crippen LogP contribution in [0.2, 0.25) is 0 Å². The molecule has 0 atom stereocenters. The Bertz CT molecular complexity index is 563. The summed E-state index contributed by atoms with van der Waals surface area (Å²) in [4.78, 5) is 3.74. The van der Waals surface area contributed by atoms with Crippen molar-refractivity contribution in [1.82, 2.24) is 0 Å². The Morgan fingerprint density at radius 3 is 2.69 bits per heavy atom. The fourth-order valence-electron chi connectivity index (χ4n) is 1.17. The van der Waals surface area contributed by atoms with Crippen molar-refractivity contribution in [3.05, 3.63) is 40.3 Å². The zero-order valence-electron chi connectivity index (χ0n) is 8.13. The molecule has 6 heteroatoms. The van der Waals surface area contributed by atoms with Crippen LogP contribution in [0, 0.1) is 0 Å². The zero-order valence-corrected chi connectivity index (χ0v) is 10.5. The maximum atomic E-state index is 11.4. The van der Waals surface area contributed by atoms with Crippen molar-refractivity contribution in [2.45, 2.75) is 0 Å². The van der Waals surface area contributed by atoms with Crippen molar-refractivity contribution in [3.8, 4) is 5.75 Å². The molecule has 0 N–H and O–H groups in total. The van der Waals surface area contributed by atoms with Crippen LogP contribution in [0.3, 0.4) is 0 Å². The molecule has 1 aliphatic rings. The second-order valence-electron chi connectivity index (χ2n) is 3.07. The van der Waals surface area contributed by atoms with Gasteiger partial charge in [0.1, 0.15) is 12.4 Å². The number of para-hydroxylation sites is 1. The number of rotatable bonds is 3. The van der Waals surface area contributed by atoms with E-state index < -0.39 is 9.84 Å². The van der Waals surface area contributed by atoms with Crippen molar-refractivity contribution < 1.29 is 13.2 Å². The first-order valence-electron chi connectivity index (χ1n) is 4.45. The molecule has 84 valence electrons. The molecule has 0 fully saturated rings. The fourth-order valence-corrected chi connectivity index (χ4v) is 2.37. The van der Waals surface area contributed by atoms with Gasteiger partial charge >= 0.3 is 0 Å². The van der Waals surface area contributed by atoms with Gasteiger partial charge in [-0.3, -0.25) is 0 Å². The minimum atomic E-state index is -3.34. The van der Waals surface area contributed by atoms with E-state index in [-0.39, 0.29) is 11.7 Å².